The highest BCUT2D eigenvalue weighted by Crippen LogP contribution is 2.27. The third-order valence-electron chi connectivity index (χ3n) is 3.30. The monoisotopic (exact) mass is 271 g/mol. The Morgan fingerprint density at radius 3 is 2.50 bits per heavy atom. The van der Waals surface area contributed by atoms with Crippen LogP contribution >= 0.6 is 0 Å². The van der Waals surface area contributed by atoms with Crippen LogP contribution in [0.25, 0.3) is 11.3 Å². The van der Waals surface area contributed by atoms with Crippen molar-refractivity contribution in [2.75, 3.05) is 26.1 Å². The van der Waals surface area contributed by atoms with Gasteiger partial charge in [0.25, 0.3) is 0 Å². The number of aromatic nitrogens is 2. The van der Waals surface area contributed by atoms with E-state index in [0.717, 1.165) is 28.5 Å². The van der Waals surface area contributed by atoms with Crippen molar-refractivity contribution in [2.24, 2.45) is 0 Å². The SMILES string of the molecule is CNc1nc(C(C)COC)nc(-c2ccccc2)c1C. The summed E-state index contributed by atoms with van der Waals surface area (Å²) < 4.78 is 5.21. The Morgan fingerprint density at radius 2 is 1.90 bits per heavy atom. The highest BCUT2D eigenvalue weighted by atomic mass is 16.5. The molecule has 0 amide bonds. The fraction of sp³-hybridized carbons (Fsp3) is 0.375. The Kier molecular flexibility index (Phi) is 4.69. The summed E-state index contributed by atoms with van der Waals surface area (Å²) in [4.78, 5) is 9.33. The Labute approximate surface area is 120 Å². The predicted molar refractivity (Wildman–Crippen MR) is 82.0 cm³/mol. The van der Waals surface area contributed by atoms with Gasteiger partial charge in [-0.1, -0.05) is 37.3 Å². The molecule has 1 N–H and O–H groups in total. The van der Waals surface area contributed by atoms with Crippen LogP contribution in [0.3, 0.4) is 0 Å². The van der Waals surface area contributed by atoms with Gasteiger partial charge < -0.3 is 10.1 Å². The van der Waals surface area contributed by atoms with Crippen LogP contribution in [-0.4, -0.2) is 30.7 Å². The van der Waals surface area contributed by atoms with Crippen molar-refractivity contribution in [3.63, 3.8) is 0 Å². The van der Waals surface area contributed by atoms with Gasteiger partial charge in [0.15, 0.2) is 0 Å². The summed E-state index contributed by atoms with van der Waals surface area (Å²) in [6.07, 6.45) is 0. The topological polar surface area (TPSA) is 47.0 Å². The maximum atomic E-state index is 5.21. The highest BCUT2D eigenvalue weighted by Gasteiger charge is 2.15. The Balaban J connectivity index is 2.53. The molecule has 0 fully saturated rings. The molecular weight excluding hydrogens is 250 g/mol. The van der Waals surface area contributed by atoms with E-state index in [0.29, 0.717) is 6.61 Å². The summed E-state index contributed by atoms with van der Waals surface area (Å²) in [7, 11) is 3.58. The van der Waals surface area contributed by atoms with Crippen LogP contribution < -0.4 is 5.32 Å². The lowest BCUT2D eigenvalue weighted by Gasteiger charge is -2.15. The molecule has 0 saturated carbocycles. The van der Waals surface area contributed by atoms with E-state index in [9.17, 15) is 0 Å². The second-order valence-corrected chi connectivity index (χ2v) is 4.88. The summed E-state index contributed by atoms with van der Waals surface area (Å²) in [6, 6.07) is 10.2. The van der Waals surface area contributed by atoms with Crippen molar-refractivity contribution in [2.45, 2.75) is 19.8 Å². The zero-order valence-electron chi connectivity index (χ0n) is 12.5. The minimum Gasteiger partial charge on any atom is -0.384 e. The van der Waals surface area contributed by atoms with Gasteiger partial charge in [0.2, 0.25) is 0 Å². The van der Waals surface area contributed by atoms with Gasteiger partial charge in [0.05, 0.1) is 12.3 Å². The van der Waals surface area contributed by atoms with Crippen LogP contribution in [0.1, 0.15) is 24.2 Å². The number of anilines is 1. The van der Waals surface area contributed by atoms with Gasteiger partial charge in [-0.3, -0.25) is 0 Å². The summed E-state index contributed by atoms with van der Waals surface area (Å²) in [5.74, 6) is 1.84. The van der Waals surface area contributed by atoms with Gasteiger partial charge in [-0.15, -0.1) is 0 Å². The number of methoxy groups -OCH3 is 1. The molecule has 0 aliphatic rings. The molecule has 1 heterocycles. The van der Waals surface area contributed by atoms with Crippen LogP contribution in [0.15, 0.2) is 30.3 Å². The zero-order chi connectivity index (χ0) is 14.5. The fourth-order valence-corrected chi connectivity index (χ4v) is 2.20. The highest BCUT2D eigenvalue weighted by molar-refractivity contribution is 5.68. The molecule has 4 heteroatoms. The number of rotatable bonds is 5. The number of hydrogen-bond acceptors (Lipinski definition) is 4. The van der Waals surface area contributed by atoms with Crippen molar-refractivity contribution >= 4 is 5.82 Å². The lowest BCUT2D eigenvalue weighted by molar-refractivity contribution is 0.181. The van der Waals surface area contributed by atoms with Crippen LogP contribution in [0.4, 0.5) is 5.82 Å². The minimum absolute atomic E-state index is 0.162. The van der Waals surface area contributed by atoms with Gasteiger partial charge in [0.1, 0.15) is 11.6 Å². The lowest BCUT2D eigenvalue weighted by Crippen LogP contribution is -2.11. The molecule has 1 aromatic heterocycles. The molecule has 0 saturated heterocycles. The number of nitrogens with one attached hydrogen (secondary N) is 1. The number of hydrogen-bond donors (Lipinski definition) is 1. The number of ether oxygens (including phenoxy) is 1. The largest absolute Gasteiger partial charge is 0.384 e. The standard InChI is InChI=1S/C16H21N3O/c1-11(10-20-4)15-18-14(12(2)16(17-3)19-15)13-8-6-5-7-9-13/h5-9,11H,10H2,1-4H3,(H,17,18,19). The van der Waals surface area contributed by atoms with Gasteiger partial charge in [0, 0.05) is 31.2 Å². The first-order valence-corrected chi connectivity index (χ1v) is 6.78. The number of nitrogens with zero attached hydrogens (tertiary/aromatic N) is 2. The van der Waals surface area contributed by atoms with E-state index in [-0.39, 0.29) is 5.92 Å². The molecule has 0 spiro atoms. The molecule has 0 radical (unpaired) electrons. The Bertz CT molecular complexity index is 569. The number of benzene rings is 1. The van der Waals surface area contributed by atoms with Crippen LogP contribution in [0.5, 0.6) is 0 Å². The molecule has 1 aromatic carbocycles. The maximum absolute atomic E-state index is 5.21. The summed E-state index contributed by atoms with van der Waals surface area (Å²) in [5.41, 5.74) is 3.14. The van der Waals surface area contributed by atoms with Crippen molar-refractivity contribution in [3.8, 4) is 11.3 Å². The molecule has 2 rings (SSSR count). The van der Waals surface area contributed by atoms with Crippen molar-refractivity contribution in [3.05, 3.63) is 41.7 Å². The Hall–Kier alpha value is -1.94. The molecule has 1 unspecified atom stereocenters. The van der Waals surface area contributed by atoms with E-state index in [1.54, 1.807) is 7.11 Å². The third kappa shape index (κ3) is 2.96. The molecule has 1 atom stereocenters. The first-order chi connectivity index (χ1) is 9.67. The molecule has 106 valence electrons. The predicted octanol–water partition coefficient (Wildman–Crippen LogP) is 3.24. The van der Waals surface area contributed by atoms with E-state index in [4.69, 9.17) is 9.72 Å². The van der Waals surface area contributed by atoms with Gasteiger partial charge in [-0.05, 0) is 6.92 Å². The molecule has 0 aliphatic heterocycles. The van der Waals surface area contributed by atoms with Gasteiger partial charge in [-0.2, -0.15) is 0 Å². The molecular formula is C16H21N3O. The van der Waals surface area contributed by atoms with Crippen LogP contribution in [0, 0.1) is 6.92 Å². The maximum Gasteiger partial charge on any atom is 0.136 e. The van der Waals surface area contributed by atoms with Crippen molar-refractivity contribution < 1.29 is 4.74 Å². The minimum atomic E-state index is 0.162. The second-order valence-electron chi connectivity index (χ2n) is 4.88. The molecule has 4 nitrogen and oxygen atoms in total. The first-order valence-electron chi connectivity index (χ1n) is 6.78. The average molecular weight is 271 g/mol. The second kappa shape index (κ2) is 6.48. The molecule has 20 heavy (non-hydrogen) atoms. The van der Waals surface area contributed by atoms with E-state index in [1.165, 1.54) is 0 Å². The van der Waals surface area contributed by atoms with E-state index in [2.05, 4.69) is 29.4 Å². The fourth-order valence-electron chi connectivity index (χ4n) is 2.20. The quantitative estimate of drug-likeness (QED) is 0.907. The lowest BCUT2D eigenvalue weighted by atomic mass is 10.1. The summed E-state index contributed by atoms with van der Waals surface area (Å²) in [5, 5.41) is 3.15. The van der Waals surface area contributed by atoms with Crippen molar-refractivity contribution in [1.29, 1.82) is 0 Å². The van der Waals surface area contributed by atoms with Gasteiger partial charge in [-0.25, -0.2) is 9.97 Å². The Morgan fingerprint density at radius 1 is 1.20 bits per heavy atom. The average Bonchev–Trinajstić information content (AvgIpc) is 2.48. The molecule has 0 bridgehead atoms. The normalized spacial score (nSPS) is 12.2. The first kappa shape index (κ1) is 14.5. The summed E-state index contributed by atoms with van der Waals surface area (Å²) >= 11 is 0. The third-order valence-corrected chi connectivity index (χ3v) is 3.30. The van der Waals surface area contributed by atoms with Gasteiger partial charge >= 0.3 is 0 Å². The van der Waals surface area contributed by atoms with Crippen LogP contribution in [-0.2, 0) is 4.74 Å². The molecule has 0 aliphatic carbocycles. The summed E-state index contributed by atoms with van der Waals surface area (Å²) in [6.45, 7) is 4.72. The van der Waals surface area contributed by atoms with Crippen LogP contribution in [0.2, 0.25) is 0 Å². The van der Waals surface area contributed by atoms with E-state index < -0.39 is 0 Å². The smallest absolute Gasteiger partial charge is 0.136 e. The zero-order valence-corrected chi connectivity index (χ0v) is 12.5. The van der Waals surface area contributed by atoms with E-state index in [1.807, 2.05) is 32.2 Å². The molecule has 2 aromatic rings. The van der Waals surface area contributed by atoms with E-state index >= 15 is 0 Å². The van der Waals surface area contributed by atoms with Crippen molar-refractivity contribution in [1.82, 2.24) is 9.97 Å².